The Bertz CT molecular complexity index is 1240. The maximum atomic E-state index is 14.8. The van der Waals surface area contributed by atoms with Crippen molar-refractivity contribution in [3.63, 3.8) is 0 Å². The number of aryl methyl sites for hydroxylation is 1. The van der Waals surface area contributed by atoms with Crippen LogP contribution in [0.1, 0.15) is 30.5 Å². The lowest BCUT2D eigenvalue weighted by molar-refractivity contribution is -0.695. The number of nitrogens with zero attached hydrogens (tertiary/aromatic N) is 2. The maximum absolute atomic E-state index is 14.8. The minimum atomic E-state index is -1.13. The lowest BCUT2D eigenvalue weighted by Crippen LogP contribution is -2.36. The Morgan fingerprint density at radius 3 is 2.74 bits per heavy atom. The molecule has 34 heavy (non-hydrogen) atoms. The number of H-pyrrole nitrogens is 1. The highest BCUT2D eigenvalue weighted by molar-refractivity contribution is 6.46. The van der Waals surface area contributed by atoms with Gasteiger partial charge >= 0.3 is 0 Å². The monoisotopic (exact) mass is 483 g/mol. The number of aromatic amines is 1. The van der Waals surface area contributed by atoms with E-state index in [0.717, 1.165) is 0 Å². The van der Waals surface area contributed by atoms with E-state index in [1.54, 1.807) is 25.5 Å². The summed E-state index contributed by atoms with van der Waals surface area (Å²) in [7, 11) is 0. The highest BCUT2D eigenvalue weighted by Gasteiger charge is 2.44. The van der Waals surface area contributed by atoms with Crippen molar-refractivity contribution in [1.82, 2.24) is 9.88 Å². The number of nitrogens with one attached hydrogen (secondary N) is 1. The zero-order valence-corrected chi connectivity index (χ0v) is 19.2. The van der Waals surface area contributed by atoms with Gasteiger partial charge in [-0.15, -0.1) is 0 Å². The Kier molecular flexibility index (Phi) is 6.98. The molecule has 0 radical (unpaired) electrons. The van der Waals surface area contributed by atoms with Crippen molar-refractivity contribution in [3.8, 4) is 5.75 Å². The van der Waals surface area contributed by atoms with E-state index in [1.807, 2.05) is 10.8 Å². The summed E-state index contributed by atoms with van der Waals surface area (Å²) in [5.74, 6) is -2.63. The smallest absolute Gasteiger partial charge is 0.295 e. The average Bonchev–Trinajstić information content (AvgIpc) is 3.43. The van der Waals surface area contributed by atoms with Crippen LogP contribution in [0, 0.1) is 5.82 Å². The molecule has 0 saturated carbocycles. The van der Waals surface area contributed by atoms with Crippen LogP contribution >= 0.6 is 11.6 Å². The molecule has 9 heteroatoms. The number of aromatic nitrogens is 2. The van der Waals surface area contributed by atoms with E-state index in [0.29, 0.717) is 25.3 Å². The van der Waals surface area contributed by atoms with E-state index in [2.05, 4.69) is 4.98 Å². The molecule has 1 aliphatic rings. The zero-order valence-electron chi connectivity index (χ0n) is 18.5. The Balaban J connectivity index is 1.75. The van der Waals surface area contributed by atoms with Gasteiger partial charge in [0.25, 0.3) is 5.91 Å². The molecule has 1 fully saturated rings. The van der Waals surface area contributed by atoms with Gasteiger partial charge in [-0.25, -0.2) is 8.96 Å². The molecule has 7 nitrogen and oxygen atoms in total. The van der Waals surface area contributed by atoms with Gasteiger partial charge < -0.3 is 14.7 Å². The summed E-state index contributed by atoms with van der Waals surface area (Å²) >= 11 is 6.24. The standard InChI is InChI=1S/C25H23ClFN3O4/c1-2-34-20-9-8-16(14-18(20)26)23(31)21-22(17-6-3-4-7-19(17)27)30(25(33)24(21)32)12-5-11-29-13-10-28-15-29/h3-4,6-10,13-15,22H,2,5,11-12H2,1H3,(H,31,32). The summed E-state index contributed by atoms with van der Waals surface area (Å²) in [6, 6.07) is 9.12. The van der Waals surface area contributed by atoms with Gasteiger partial charge in [-0.2, -0.15) is 0 Å². The van der Waals surface area contributed by atoms with Gasteiger partial charge in [0.2, 0.25) is 12.1 Å². The second-order valence-corrected chi connectivity index (χ2v) is 8.18. The van der Waals surface area contributed by atoms with Gasteiger partial charge in [-0.1, -0.05) is 41.6 Å². The van der Waals surface area contributed by atoms with E-state index in [4.69, 9.17) is 16.3 Å². The van der Waals surface area contributed by atoms with E-state index in [9.17, 15) is 19.1 Å². The van der Waals surface area contributed by atoms with Crippen molar-refractivity contribution in [1.29, 1.82) is 0 Å². The van der Waals surface area contributed by atoms with Crippen molar-refractivity contribution in [2.45, 2.75) is 25.9 Å². The van der Waals surface area contributed by atoms with Gasteiger partial charge in [-0.05, 0) is 30.7 Å². The Morgan fingerprint density at radius 2 is 2.06 bits per heavy atom. The Morgan fingerprint density at radius 1 is 1.26 bits per heavy atom. The summed E-state index contributed by atoms with van der Waals surface area (Å²) in [4.78, 5) is 30.2. The van der Waals surface area contributed by atoms with Crippen LogP contribution < -0.4 is 14.4 Å². The van der Waals surface area contributed by atoms with Crippen LogP contribution in [0.3, 0.4) is 0 Å². The zero-order chi connectivity index (χ0) is 24.2. The third-order valence-corrected chi connectivity index (χ3v) is 5.94. The molecule has 1 unspecified atom stereocenters. The van der Waals surface area contributed by atoms with Crippen molar-refractivity contribution >= 4 is 29.1 Å². The molecule has 0 bridgehead atoms. The van der Waals surface area contributed by atoms with Crippen LogP contribution in [0.4, 0.5) is 4.39 Å². The summed E-state index contributed by atoms with van der Waals surface area (Å²) in [6.45, 7) is 2.94. The molecule has 4 rings (SSSR count). The Hall–Kier alpha value is -3.65. The van der Waals surface area contributed by atoms with Gasteiger partial charge in [-0.3, -0.25) is 14.6 Å². The summed E-state index contributed by atoms with van der Waals surface area (Å²) in [5.41, 5.74) is -0.0725. The van der Waals surface area contributed by atoms with Crippen LogP contribution in [0.5, 0.6) is 5.75 Å². The lowest BCUT2D eigenvalue weighted by atomic mass is 9.95. The van der Waals surface area contributed by atoms with Gasteiger partial charge in [0.1, 0.15) is 24.0 Å². The first-order valence-corrected chi connectivity index (χ1v) is 11.3. The third-order valence-electron chi connectivity index (χ3n) is 5.64. The van der Waals surface area contributed by atoms with Crippen molar-refractivity contribution in [3.05, 3.63) is 88.7 Å². The van der Waals surface area contributed by atoms with Crippen molar-refractivity contribution in [2.24, 2.45) is 0 Å². The predicted octanol–water partition coefficient (Wildman–Crippen LogP) is 2.81. The number of imidazole rings is 1. The van der Waals surface area contributed by atoms with Gasteiger partial charge in [0.05, 0.1) is 24.2 Å². The second-order valence-electron chi connectivity index (χ2n) is 7.78. The van der Waals surface area contributed by atoms with E-state index < -0.39 is 29.3 Å². The SMILES string of the molecule is CCOc1ccc(/C([O-])=C2\C(=O)C(=O)N(CCC[n+]3cc[nH]c3)C2c2ccccc2F)cc1Cl. The second kappa shape index (κ2) is 10.1. The van der Waals surface area contributed by atoms with Crippen LogP contribution in [0.2, 0.25) is 5.02 Å². The molecule has 3 aromatic rings. The number of carbonyl (C=O) groups excluding carboxylic acids is 2. The van der Waals surface area contributed by atoms with Crippen molar-refractivity contribution < 1.29 is 28.4 Å². The third kappa shape index (κ3) is 4.54. The van der Waals surface area contributed by atoms with Crippen LogP contribution in [0.15, 0.2) is 66.8 Å². The first-order valence-electron chi connectivity index (χ1n) is 10.9. The molecule has 176 valence electrons. The van der Waals surface area contributed by atoms with E-state index in [1.165, 1.54) is 41.3 Å². The number of ketones is 1. The fourth-order valence-electron chi connectivity index (χ4n) is 4.07. The predicted molar refractivity (Wildman–Crippen MR) is 121 cm³/mol. The van der Waals surface area contributed by atoms with Crippen molar-refractivity contribution in [2.75, 3.05) is 13.2 Å². The number of likely N-dealkylation sites (tertiary alicyclic amines) is 1. The number of rotatable bonds is 8. The number of Topliss-reactive ketones (excluding diaryl/α,β-unsaturated/α-hetero) is 1. The fourth-order valence-corrected chi connectivity index (χ4v) is 4.31. The molecule has 0 spiro atoms. The van der Waals surface area contributed by atoms with Crippen LogP contribution in [-0.4, -0.2) is 34.7 Å². The van der Waals surface area contributed by atoms with Gasteiger partial charge in [0, 0.05) is 24.1 Å². The molecule has 1 aliphatic heterocycles. The number of amides is 1. The van der Waals surface area contributed by atoms with E-state index >= 15 is 0 Å². The molecule has 1 N–H and O–H groups in total. The average molecular weight is 484 g/mol. The number of halogens is 2. The minimum absolute atomic E-state index is 0.0939. The molecular formula is C25H23ClFN3O4. The Labute approximate surface area is 201 Å². The molecule has 1 amide bonds. The summed E-state index contributed by atoms with van der Waals surface area (Å²) < 4.78 is 22.1. The van der Waals surface area contributed by atoms with Crippen LogP contribution in [0.25, 0.3) is 5.76 Å². The van der Waals surface area contributed by atoms with Gasteiger partial charge in [0.15, 0.2) is 0 Å². The molecule has 2 heterocycles. The first kappa shape index (κ1) is 23.5. The number of benzene rings is 2. The molecular weight excluding hydrogens is 461 g/mol. The van der Waals surface area contributed by atoms with Crippen LogP contribution in [-0.2, 0) is 16.1 Å². The number of hydrogen-bond donors (Lipinski definition) is 1. The van der Waals surface area contributed by atoms with E-state index in [-0.39, 0.29) is 28.3 Å². The lowest BCUT2D eigenvalue weighted by Gasteiger charge is -2.27. The molecule has 0 aliphatic carbocycles. The molecule has 2 aromatic carbocycles. The number of ether oxygens (including phenoxy) is 1. The topological polar surface area (TPSA) is 89.3 Å². The summed E-state index contributed by atoms with van der Waals surface area (Å²) in [6.07, 6.45) is 5.87. The highest BCUT2D eigenvalue weighted by Crippen LogP contribution is 2.40. The molecule has 1 saturated heterocycles. The summed E-state index contributed by atoms with van der Waals surface area (Å²) in [5, 5.41) is 13.7. The number of carbonyl (C=O) groups is 2. The molecule has 1 atom stereocenters. The molecule has 1 aromatic heterocycles. The number of hydrogen-bond acceptors (Lipinski definition) is 4. The normalized spacial score (nSPS) is 17.4. The minimum Gasteiger partial charge on any atom is -0.872 e. The quantitative estimate of drug-likeness (QED) is 0.231. The highest BCUT2D eigenvalue weighted by atomic mass is 35.5. The largest absolute Gasteiger partial charge is 0.872 e. The first-order chi connectivity index (χ1) is 16.4. The fraction of sp³-hybridized carbons (Fsp3) is 0.240. The maximum Gasteiger partial charge on any atom is 0.295 e.